The molecule has 1 atom stereocenters. The van der Waals surface area contributed by atoms with Crippen LogP contribution in [0.2, 0.25) is 0 Å². The minimum Gasteiger partial charge on any atom is -0.378 e. The highest BCUT2D eigenvalue weighted by Gasteiger charge is 2.25. The lowest BCUT2D eigenvalue weighted by atomic mass is 9.99. The molecule has 3 N–H and O–H groups in total. The molecule has 108 valence electrons. The molecule has 0 saturated carbocycles. The van der Waals surface area contributed by atoms with Crippen molar-refractivity contribution < 1.29 is 8.42 Å². The fraction of sp³-hybridized carbons (Fsp3) is 0.538. The van der Waals surface area contributed by atoms with Crippen molar-refractivity contribution in [1.29, 1.82) is 0 Å². The summed E-state index contributed by atoms with van der Waals surface area (Å²) >= 11 is 0. The van der Waals surface area contributed by atoms with Crippen LogP contribution in [-0.2, 0) is 10.0 Å². The van der Waals surface area contributed by atoms with E-state index in [-0.39, 0.29) is 10.4 Å². The summed E-state index contributed by atoms with van der Waals surface area (Å²) < 4.78 is 25.7. The minimum atomic E-state index is -3.47. The summed E-state index contributed by atoms with van der Waals surface area (Å²) in [5, 5.41) is 3.25. The number of rotatable bonds is 6. The van der Waals surface area contributed by atoms with Gasteiger partial charge in [-0.25, -0.2) is 12.7 Å². The first-order valence-electron chi connectivity index (χ1n) is 6.26. The second-order valence-electron chi connectivity index (χ2n) is 5.03. The molecule has 6 heteroatoms. The van der Waals surface area contributed by atoms with Crippen molar-refractivity contribution in [3.8, 4) is 0 Å². The Morgan fingerprint density at radius 1 is 1.32 bits per heavy atom. The topological polar surface area (TPSA) is 75.4 Å². The van der Waals surface area contributed by atoms with E-state index in [0.29, 0.717) is 12.2 Å². The zero-order valence-corrected chi connectivity index (χ0v) is 12.8. The summed E-state index contributed by atoms with van der Waals surface area (Å²) in [6.07, 6.45) is 0.805. The fourth-order valence-electron chi connectivity index (χ4n) is 1.60. The first-order valence-corrected chi connectivity index (χ1v) is 7.70. The molecule has 0 amide bonds. The van der Waals surface area contributed by atoms with Crippen molar-refractivity contribution in [2.45, 2.75) is 30.7 Å². The molecule has 19 heavy (non-hydrogen) atoms. The van der Waals surface area contributed by atoms with E-state index in [0.717, 1.165) is 6.42 Å². The Morgan fingerprint density at radius 2 is 1.89 bits per heavy atom. The van der Waals surface area contributed by atoms with Gasteiger partial charge in [0.15, 0.2) is 0 Å². The number of anilines is 1. The Labute approximate surface area is 115 Å². The monoisotopic (exact) mass is 285 g/mol. The molecule has 0 radical (unpaired) electrons. The van der Waals surface area contributed by atoms with Gasteiger partial charge in [-0.1, -0.05) is 19.1 Å². The van der Waals surface area contributed by atoms with Gasteiger partial charge in [0.1, 0.15) is 4.90 Å². The Bertz CT molecular complexity index is 522. The van der Waals surface area contributed by atoms with Crippen molar-refractivity contribution in [3.63, 3.8) is 0 Å². The average Bonchev–Trinajstić information content (AvgIpc) is 2.38. The molecule has 0 saturated heterocycles. The third-order valence-electron chi connectivity index (χ3n) is 3.31. The molecule has 0 aliphatic carbocycles. The van der Waals surface area contributed by atoms with Crippen molar-refractivity contribution in [2.75, 3.05) is 26.0 Å². The standard InChI is InChI=1S/C13H23N3O2S/c1-5-13(2,10-14)15-11-8-6-7-9-12(11)19(17,18)16(3)4/h6-9,15H,5,10,14H2,1-4H3. The number of sulfonamides is 1. The SMILES string of the molecule is CCC(C)(CN)Nc1ccccc1S(=O)(=O)N(C)C. The van der Waals surface area contributed by atoms with E-state index in [9.17, 15) is 8.42 Å². The Hall–Kier alpha value is -1.11. The number of nitrogens with one attached hydrogen (secondary N) is 1. The maximum atomic E-state index is 12.3. The largest absolute Gasteiger partial charge is 0.378 e. The summed E-state index contributed by atoms with van der Waals surface area (Å²) in [4.78, 5) is 0.271. The predicted molar refractivity (Wildman–Crippen MR) is 78.7 cm³/mol. The molecule has 5 nitrogen and oxygen atoms in total. The Morgan fingerprint density at radius 3 is 2.37 bits per heavy atom. The molecule has 0 aromatic heterocycles. The van der Waals surface area contributed by atoms with Crippen molar-refractivity contribution >= 4 is 15.7 Å². The lowest BCUT2D eigenvalue weighted by Crippen LogP contribution is -2.42. The molecule has 0 fully saturated rings. The number of nitrogens with two attached hydrogens (primary N) is 1. The first-order chi connectivity index (χ1) is 8.77. The minimum absolute atomic E-state index is 0.271. The van der Waals surface area contributed by atoms with E-state index < -0.39 is 10.0 Å². The van der Waals surface area contributed by atoms with Crippen LogP contribution in [0.1, 0.15) is 20.3 Å². The summed E-state index contributed by atoms with van der Waals surface area (Å²) in [6, 6.07) is 6.89. The fourth-order valence-corrected chi connectivity index (χ4v) is 2.64. The molecule has 1 unspecified atom stereocenters. The molecule has 1 aromatic carbocycles. The number of hydrogen-bond donors (Lipinski definition) is 2. The van der Waals surface area contributed by atoms with Crippen molar-refractivity contribution in [2.24, 2.45) is 5.73 Å². The van der Waals surface area contributed by atoms with Crippen LogP contribution >= 0.6 is 0 Å². The van der Waals surface area contributed by atoms with Crippen LogP contribution in [0.3, 0.4) is 0 Å². The summed E-state index contributed by atoms with van der Waals surface area (Å²) in [5.74, 6) is 0. The second-order valence-corrected chi connectivity index (χ2v) is 7.15. The van der Waals surface area contributed by atoms with Gasteiger partial charge < -0.3 is 11.1 Å². The normalized spacial score (nSPS) is 15.3. The summed E-state index contributed by atoms with van der Waals surface area (Å²) in [7, 11) is -0.423. The van der Waals surface area contributed by atoms with Crippen LogP contribution < -0.4 is 11.1 Å². The summed E-state index contributed by atoms with van der Waals surface area (Å²) in [5.41, 5.74) is 6.03. The highest BCUT2D eigenvalue weighted by atomic mass is 32.2. The zero-order chi connectivity index (χ0) is 14.7. The van der Waals surface area contributed by atoms with E-state index in [1.54, 1.807) is 18.2 Å². The van der Waals surface area contributed by atoms with E-state index in [1.807, 2.05) is 19.9 Å². The quantitative estimate of drug-likeness (QED) is 0.830. The van der Waals surface area contributed by atoms with Crippen molar-refractivity contribution in [1.82, 2.24) is 4.31 Å². The van der Waals surface area contributed by atoms with Gasteiger partial charge in [0.25, 0.3) is 0 Å². The molecular formula is C13H23N3O2S. The summed E-state index contributed by atoms with van der Waals surface area (Å²) in [6.45, 7) is 4.43. The van der Waals surface area contributed by atoms with Crippen LogP contribution in [0.15, 0.2) is 29.2 Å². The van der Waals surface area contributed by atoms with Crippen molar-refractivity contribution in [3.05, 3.63) is 24.3 Å². The van der Waals surface area contributed by atoms with Crippen LogP contribution in [0.25, 0.3) is 0 Å². The molecule has 0 bridgehead atoms. The maximum Gasteiger partial charge on any atom is 0.244 e. The third kappa shape index (κ3) is 3.46. The van der Waals surface area contributed by atoms with Gasteiger partial charge >= 0.3 is 0 Å². The number of nitrogens with zero attached hydrogens (tertiary/aromatic N) is 1. The number of para-hydroxylation sites is 1. The highest BCUT2D eigenvalue weighted by Crippen LogP contribution is 2.26. The lowest BCUT2D eigenvalue weighted by Gasteiger charge is -2.30. The van der Waals surface area contributed by atoms with Gasteiger partial charge in [-0.05, 0) is 25.5 Å². The maximum absolute atomic E-state index is 12.3. The van der Waals surface area contributed by atoms with Crippen LogP contribution in [-0.4, -0.2) is 38.9 Å². The van der Waals surface area contributed by atoms with E-state index in [4.69, 9.17) is 5.73 Å². The van der Waals surface area contributed by atoms with Gasteiger partial charge in [0.2, 0.25) is 10.0 Å². The second kappa shape index (κ2) is 5.90. The molecule has 0 aliphatic rings. The van der Waals surface area contributed by atoms with E-state index in [2.05, 4.69) is 5.32 Å². The number of hydrogen-bond acceptors (Lipinski definition) is 4. The van der Waals surface area contributed by atoms with Crippen LogP contribution in [0, 0.1) is 0 Å². The molecule has 1 aromatic rings. The average molecular weight is 285 g/mol. The Kier molecular flexibility index (Phi) is 4.95. The van der Waals surface area contributed by atoms with E-state index in [1.165, 1.54) is 18.4 Å². The van der Waals surface area contributed by atoms with Gasteiger partial charge in [0.05, 0.1) is 5.69 Å². The van der Waals surface area contributed by atoms with Gasteiger partial charge in [-0.15, -0.1) is 0 Å². The predicted octanol–water partition coefficient (Wildman–Crippen LogP) is 1.48. The molecular weight excluding hydrogens is 262 g/mol. The van der Waals surface area contributed by atoms with Gasteiger partial charge in [-0.2, -0.15) is 0 Å². The van der Waals surface area contributed by atoms with Gasteiger partial charge in [0, 0.05) is 26.2 Å². The van der Waals surface area contributed by atoms with Crippen LogP contribution in [0.4, 0.5) is 5.69 Å². The molecule has 0 spiro atoms. The smallest absolute Gasteiger partial charge is 0.244 e. The Balaban J connectivity index is 3.25. The van der Waals surface area contributed by atoms with Gasteiger partial charge in [-0.3, -0.25) is 0 Å². The first kappa shape index (κ1) is 15.9. The zero-order valence-electron chi connectivity index (χ0n) is 12.0. The number of benzene rings is 1. The van der Waals surface area contributed by atoms with Crippen LogP contribution in [0.5, 0.6) is 0 Å². The molecule has 0 heterocycles. The third-order valence-corrected chi connectivity index (χ3v) is 5.19. The molecule has 0 aliphatic heterocycles. The lowest BCUT2D eigenvalue weighted by molar-refractivity contribution is 0.502. The molecule has 1 rings (SSSR count). The van der Waals surface area contributed by atoms with E-state index >= 15 is 0 Å². The highest BCUT2D eigenvalue weighted by molar-refractivity contribution is 7.89.